The second kappa shape index (κ2) is 7.60. The van der Waals surface area contributed by atoms with Crippen molar-refractivity contribution in [1.82, 2.24) is 5.32 Å². The zero-order valence-corrected chi connectivity index (χ0v) is 12.9. The van der Waals surface area contributed by atoms with Crippen molar-refractivity contribution in [3.05, 3.63) is 42.5 Å². The summed E-state index contributed by atoms with van der Waals surface area (Å²) < 4.78 is 24.8. The molecule has 0 saturated carbocycles. The number of nitrogens with one attached hydrogen (secondary N) is 2. The summed E-state index contributed by atoms with van der Waals surface area (Å²) in [7, 11) is -3.55. The highest BCUT2D eigenvalue weighted by molar-refractivity contribution is 7.92. The van der Waals surface area contributed by atoms with Gasteiger partial charge in [-0.3, -0.25) is 9.52 Å². The number of rotatable bonds is 8. The summed E-state index contributed by atoms with van der Waals surface area (Å²) in [6, 6.07) is 4.89. The van der Waals surface area contributed by atoms with Gasteiger partial charge in [-0.15, -0.1) is 6.58 Å². The smallest absolute Gasteiger partial charge is 0.326 e. The van der Waals surface area contributed by atoms with Gasteiger partial charge >= 0.3 is 5.97 Å². The average Bonchev–Trinajstić information content (AvgIpc) is 2.41. The summed E-state index contributed by atoms with van der Waals surface area (Å²) >= 11 is 0. The number of allylic oxidation sites excluding steroid dienone is 1. The molecular weight excluding hydrogens is 308 g/mol. The fourth-order valence-electron chi connectivity index (χ4n) is 1.75. The van der Waals surface area contributed by atoms with Crippen LogP contribution in [0.4, 0.5) is 5.69 Å². The molecule has 1 aromatic carbocycles. The van der Waals surface area contributed by atoms with Gasteiger partial charge in [-0.1, -0.05) is 18.2 Å². The number of anilines is 1. The first-order valence-corrected chi connectivity index (χ1v) is 8.35. The minimum Gasteiger partial charge on any atom is -0.480 e. The summed E-state index contributed by atoms with van der Waals surface area (Å²) in [5, 5.41) is 11.5. The Bertz CT molecular complexity index is 670. The van der Waals surface area contributed by atoms with E-state index in [0.29, 0.717) is 6.42 Å². The van der Waals surface area contributed by atoms with E-state index in [2.05, 4.69) is 16.6 Å². The molecule has 1 unspecified atom stereocenters. The maximum Gasteiger partial charge on any atom is 0.326 e. The molecule has 0 aliphatic rings. The number of para-hydroxylation sites is 1. The minimum atomic E-state index is -3.55. The van der Waals surface area contributed by atoms with Gasteiger partial charge in [0.15, 0.2) is 0 Å². The van der Waals surface area contributed by atoms with Crippen LogP contribution in [-0.4, -0.2) is 37.7 Å². The minimum absolute atomic E-state index is 0.0535. The van der Waals surface area contributed by atoms with Crippen molar-refractivity contribution in [2.24, 2.45) is 0 Å². The number of carboxylic acid groups (broad SMARTS) is 1. The van der Waals surface area contributed by atoms with E-state index in [-0.39, 0.29) is 17.7 Å². The summed E-state index contributed by atoms with van der Waals surface area (Å²) in [5.41, 5.74) is 0.146. The van der Waals surface area contributed by atoms with Gasteiger partial charge in [-0.25, -0.2) is 13.2 Å². The number of carbonyl (C=O) groups is 2. The van der Waals surface area contributed by atoms with Crippen molar-refractivity contribution >= 4 is 27.6 Å². The van der Waals surface area contributed by atoms with Crippen LogP contribution in [0.3, 0.4) is 0 Å². The molecule has 0 aromatic heterocycles. The molecule has 0 spiro atoms. The summed E-state index contributed by atoms with van der Waals surface area (Å²) in [6.45, 7) is 3.50. The highest BCUT2D eigenvalue weighted by Gasteiger charge is 2.21. The molecule has 8 heteroatoms. The van der Waals surface area contributed by atoms with Crippen molar-refractivity contribution < 1.29 is 23.1 Å². The lowest BCUT2D eigenvalue weighted by molar-refractivity contribution is -0.139. The number of sulfonamides is 1. The number of amides is 1. The molecule has 0 bridgehead atoms. The molecule has 0 heterocycles. The highest BCUT2D eigenvalue weighted by Crippen LogP contribution is 2.16. The van der Waals surface area contributed by atoms with Crippen LogP contribution in [0.2, 0.25) is 0 Å². The van der Waals surface area contributed by atoms with Gasteiger partial charge in [0.1, 0.15) is 6.04 Å². The predicted octanol–water partition coefficient (Wildman–Crippen LogP) is 1.21. The molecule has 1 atom stereocenters. The monoisotopic (exact) mass is 326 g/mol. The second-order valence-electron chi connectivity index (χ2n) is 4.65. The van der Waals surface area contributed by atoms with Gasteiger partial charge in [0, 0.05) is 0 Å². The lowest BCUT2D eigenvalue weighted by Crippen LogP contribution is -2.41. The Hall–Kier alpha value is -2.35. The quantitative estimate of drug-likeness (QED) is 0.622. The van der Waals surface area contributed by atoms with E-state index in [1.807, 2.05) is 0 Å². The van der Waals surface area contributed by atoms with E-state index in [0.717, 1.165) is 6.26 Å². The van der Waals surface area contributed by atoms with E-state index in [1.165, 1.54) is 12.1 Å². The second-order valence-corrected chi connectivity index (χ2v) is 6.40. The van der Waals surface area contributed by atoms with Crippen LogP contribution in [-0.2, 0) is 14.8 Å². The molecule has 22 heavy (non-hydrogen) atoms. The first-order chi connectivity index (χ1) is 10.2. The highest BCUT2D eigenvalue weighted by atomic mass is 32.2. The molecule has 3 N–H and O–H groups in total. The largest absolute Gasteiger partial charge is 0.480 e. The summed E-state index contributed by atoms with van der Waals surface area (Å²) in [4.78, 5) is 23.3. The Balaban J connectivity index is 2.97. The van der Waals surface area contributed by atoms with Crippen molar-refractivity contribution in [3.8, 4) is 0 Å². The Morgan fingerprint density at radius 2 is 2.00 bits per heavy atom. The van der Waals surface area contributed by atoms with Crippen LogP contribution in [0, 0.1) is 0 Å². The van der Waals surface area contributed by atoms with Crippen LogP contribution in [0.1, 0.15) is 23.2 Å². The Morgan fingerprint density at radius 3 is 2.55 bits per heavy atom. The molecule has 7 nitrogen and oxygen atoms in total. The summed E-state index contributed by atoms with van der Waals surface area (Å²) in [5.74, 6) is -1.83. The number of hydrogen-bond donors (Lipinski definition) is 3. The molecule has 0 saturated heterocycles. The van der Waals surface area contributed by atoms with Crippen molar-refractivity contribution in [3.63, 3.8) is 0 Å². The van der Waals surface area contributed by atoms with E-state index >= 15 is 0 Å². The fourth-order valence-corrected chi connectivity index (χ4v) is 2.33. The van der Waals surface area contributed by atoms with Crippen LogP contribution in [0.15, 0.2) is 36.9 Å². The van der Waals surface area contributed by atoms with E-state index in [9.17, 15) is 18.0 Å². The van der Waals surface area contributed by atoms with E-state index < -0.39 is 27.9 Å². The van der Waals surface area contributed by atoms with E-state index in [4.69, 9.17) is 5.11 Å². The topological polar surface area (TPSA) is 113 Å². The third kappa shape index (κ3) is 5.57. The third-order valence-corrected chi connectivity index (χ3v) is 3.32. The molecule has 0 aliphatic heterocycles. The Morgan fingerprint density at radius 1 is 1.36 bits per heavy atom. The number of aliphatic carboxylic acids is 1. The van der Waals surface area contributed by atoms with Crippen molar-refractivity contribution in [2.45, 2.75) is 18.9 Å². The first-order valence-electron chi connectivity index (χ1n) is 6.46. The van der Waals surface area contributed by atoms with Crippen molar-refractivity contribution in [1.29, 1.82) is 0 Å². The van der Waals surface area contributed by atoms with Crippen molar-refractivity contribution in [2.75, 3.05) is 11.0 Å². The third-order valence-electron chi connectivity index (χ3n) is 2.73. The van der Waals surface area contributed by atoms with E-state index in [1.54, 1.807) is 18.2 Å². The lowest BCUT2D eigenvalue weighted by atomic mass is 10.1. The molecule has 1 rings (SSSR count). The maximum absolute atomic E-state index is 12.2. The lowest BCUT2D eigenvalue weighted by Gasteiger charge is -2.15. The number of benzene rings is 1. The average molecular weight is 326 g/mol. The zero-order chi connectivity index (χ0) is 16.8. The maximum atomic E-state index is 12.2. The summed E-state index contributed by atoms with van der Waals surface area (Å²) in [6.07, 6.45) is 3.15. The van der Waals surface area contributed by atoms with Crippen LogP contribution in [0.25, 0.3) is 0 Å². The van der Waals surface area contributed by atoms with Gasteiger partial charge < -0.3 is 10.4 Å². The van der Waals surface area contributed by atoms with Gasteiger partial charge in [0.2, 0.25) is 10.0 Å². The Kier molecular flexibility index (Phi) is 6.11. The van der Waals surface area contributed by atoms with Crippen LogP contribution in [0.5, 0.6) is 0 Å². The van der Waals surface area contributed by atoms with Gasteiger partial charge in [-0.05, 0) is 25.0 Å². The molecule has 1 aromatic rings. The van der Waals surface area contributed by atoms with Crippen LogP contribution < -0.4 is 10.0 Å². The van der Waals surface area contributed by atoms with Gasteiger partial charge in [-0.2, -0.15) is 0 Å². The fraction of sp³-hybridized carbons (Fsp3) is 0.286. The molecule has 1 amide bonds. The number of hydrogen-bond acceptors (Lipinski definition) is 4. The first kappa shape index (κ1) is 17.7. The zero-order valence-electron chi connectivity index (χ0n) is 12.1. The SMILES string of the molecule is C=CCCC(NC(=O)c1ccccc1NS(C)(=O)=O)C(=O)O. The molecule has 120 valence electrons. The van der Waals surface area contributed by atoms with Gasteiger partial charge in [0.25, 0.3) is 5.91 Å². The van der Waals surface area contributed by atoms with Crippen LogP contribution >= 0.6 is 0 Å². The number of carboxylic acids is 1. The Labute approximate surface area is 129 Å². The normalized spacial score (nSPS) is 12.2. The molecular formula is C14H18N2O5S. The number of carbonyl (C=O) groups excluding carboxylic acids is 1. The molecule has 0 radical (unpaired) electrons. The molecule has 0 aliphatic carbocycles. The standard InChI is InChI=1S/C14H18N2O5S/c1-3-4-8-12(14(18)19)15-13(17)10-7-5-6-9-11(10)16-22(2,20)21/h3,5-7,9,12,16H,1,4,8H2,2H3,(H,15,17)(H,18,19). The van der Waals surface area contributed by atoms with Gasteiger partial charge in [0.05, 0.1) is 17.5 Å². The molecule has 0 fully saturated rings. The predicted molar refractivity (Wildman–Crippen MR) is 83.2 cm³/mol.